The molecular formula is C23H32Cl2N2O4. The number of carbonyl (C=O) groups is 1. The van der Waals surface area contributed by atoms with Crippen LogP contribution in [0.1, 0.15) is 31.9 Å². The molecule has 0 aromatic heterocycles. The van der Waals surface area contributed by atoms with E-state index >= 15 is 0 Å². The van der Waals surface area contributed by atoms with E-state index in [9.17, 15) is 4.79 Å². The Bertz CT molecular complexity index is 854. The molecule has 8 heteroatoms. The lowest BCUT2D eigenvalue weighted by Crippen LogP contribution is -2.43. The fraction of sp³-hybridized carbons (Fsp3) is 0.435. The lowest BCUT2D eigenvalue weighted by Gasteiger charge is -2.21. The summed E-state index contributed by atoms with van der Waals surface area (Å²) in [4.78, 5) is 12.0. The van der Waals surface area contributed by atoms with Crippen LogP contribution in [0, 0.1) is 0 Å². The molecule has 0 unspecified atom stereocenters. The molecule has 0 spiro atoms. The number of nitrogens with one attached hydrogen (secondary N) is 2. The molecule has 1 amide bonds. The van der Waals surface area contributed by atoms with E-state index in [-0.39, 0.29) is 30.5 Å². The maximum atomic E-state index is 12.0. The highest BCUT2D eigenvalue weighted by molar-refractivity contribution is 6.30. The van der Waals surface area contributed by atoms with E-state index in [1.54, 1.807) is 26.4 Å². The molecule has 0 aliphatic carbocycles. The van der Waals surface area contributed by atoms with Crippen LogP contribution in [-0.4, -0.2) is 38.8 Å². The second-order valence-electron chi connectivity index (χ2n) is 7.96. The summed E-state index contributed by atoms with van der Waals surface area (Å²) in [7, 11) is 3.25. The molecule has 0 bridgehead atoms. The van der Waals surface area contributed by atoms with Crippen molar-refractivity contribution in [1.29, 1.82) is 0 Å². The number of carbonyl (C=O) groups excluding carboxylic acids is 1. The summed E-state index contributed by atoms with van der Waals surface area (Å²) in [5, 5.41) is 6.91. The van der Waals surface area contributed by atoms with Crippen LogP contribution in [0.2, 0.25) is 5.02 Å². The van der Waals surface area contributed by atoms with Gasteiger partial charge in [-0.15, -0.1) is 12.4 Å². The van der Waals surface area contributed by atoms with Gasteiger partial charge in [0.15, 0.2) is 18.1 Å². The number of amides is 1. The first-order chi connectivity index (χ1) is 14.2. The van der Waals surface area contributed by atoms with Gasteiger partial charge in [0.05, 0.1) is 14.2 Å². The van der Waals surface area contributed by atoms with E-state index in [4.69, 9.17) is 25.8 Å². The molecule has 0 fully saturated rings. The van der Waals surface area contributed by atoms with Gasteiger partial charge in [-0.3, -0.25) is 4.79 Å². The minimum absolute atomic E-state index is 0. The van der Waals surface area contributed by atoms with Crippen LogP contribution >= 0.6 is 24.0 Å². The van der Waals surface area contributed by atoms with Gasteiger partial charge >= 0.3 is 0 Å². The van der Waals surface area contributed by atoms with Gasteiger partial charge in [0.1, 0.15) is 5.75 Å². The Morgan fingerprint density at radius 1 is 1.00 bits per heavy atom. The van der Waals surface area contributed by atoms with Crippen LogP contribution in [0.5, 0.6) is 17.2 Å². The van der Waals surface area contributed by atoms with Gasteiger partial charge in [-0.25, -0.2) is 0 Å². The molecule has 0 saturated carbocycles. The van der Waals surface area contributed by atoms with Crippen molar-refractivity contribution in [1.82, 2.24) is 10.6 Å². The third kappa shape index (κ3) is 9.25. The number of halogens is 2. The van der Waals surface area contributed by atoms with E-state index in [0.29, 0.717) is 28.8 Å². The van der Waals surface area contributed by atoms with Crippen molar-refractivity contribution in [2.75, 3.05) is 27.4 Å². The van der Waals surface area contributed by atoms with Crippen molar-refractivity contribution < 1.29 is 19.0 Å². The predicted octanol–water partition coefficient (Wildman–Crippen LogP) is 4.40. The summed E-state index contributed by atoms with van der Waals surface area (Å²) in [5.41, 5.74) is 1.74. The molecule has 0 saturated heterocycles. The largest absolute Gasteiger partial charge is 0.493 e. The van der Waals surface area contributed by atoms with Crippen molar-refractivity contribution in [3.63, 3.8) is 0 Å². The van der Waals surface area contributed by atoms with Crippen LogP contribution in [0.25, 0.3) is 0 Å². The topological polar surface area (TPSA) is 68.8 Å². The third-order valence-electron chi connectivity index (χ3n) is 4.25. The van der Waals surface area contributed by atoms with Crippen LogP contribution in [0.15, 0.2) is 36.4 Å². The number of benzene rings is 2. The highest BCUT2D eigenvalue weighted by atomic mass is 35.5. The van der Waals surface area contributed by atoms with Gasteiger partial charge in [0, 0.05) is 22.7 Å². The Hall–Kier alpha value is -2.15. The van der Waals surface area contributed by atoms with E-state index in [1.807, 2.05) is 45.0 Å². The third-order valence-corrected chi connectivity index (χ3v) is 4.48. The normalized spacial score (nSPS) is 10.8. The average molecular weight is 471 g/mol. The minimum Gasteiger partial charge on any atom is -0.493 e. The second-order valence-corrected chi connectivity index (χ2v) is 8.39. The Balaban J connectivity index is 0.00000480. The zero-order valence-electron chi connectivity index (χ0n) is 18.7. The van der Waals surface area contributed by atoms with Crippen molar-refractivity contribution in [2.24, 2.45) is 0 Å². The Labute approximate surface area is 196 Å². The van der Waals surface area contributed by atoms with Gasteiger partial charge in [-0.1, -0.05) is 17.7 Å². The lowest BCUT2D eigenvalue weighted by atomic mass is 10.1. The quantitative estimate of drug-likeness (QED) is 0.503. The first kappa shape index (κ1) is 26.9. The van der Waals surface area contributed by atoms with Crippen LogP contribution in [-0.2, 0) is 17.8 Å². The molecule has 0 aliphatic rings. The number of hydrogen-bond donors (Lipinski definition) is 2. The highest BCUT2D eigenvalue weighted by Crippen LogP contribution is 2.27. The predicted molar refractivity (Wildman–Crippen MR) is 127 cm³/mol. The molecular weight excluding hydrogens is 439 g/mol. The maximum absolute atomic E-state index is 12.0. The Morgan fingerprint density at radius 2 is 1.68 bits per heavy atom. The molecule has 2 rings (SSSR count). The maximum Gasteiger partial charge on any atom is 0.258 e. The summed E-state index contributed by atoms with van der Waals surface area (Å²) in [6, 6.07) is 11.3. The van der Waals surface area contributed by atoms with Crippen LogP contribution in [0.4, 0.5) is 0 Å². The van der Waals surface area contributed by atoms with Crippen LogP contribution < -0.4 is 24.8 Å². The molecule has 0 atom stereocenters. The van der Waals surface area contributed by atoms with E-state index in [1.165, 1.54) is 0 Å². The van der Waals surface area contributed by atoms with E-state index in [2.05, 4.69) is 10.6 Å². The molecule has 0 aliphatic heterocycles. The molecule has 0 heterocycles. The molecule has 2 aromatic rings. The highest BCUT2D eigenvalue weighted by Gasteiger charge is 2.15. The molecule has 31 heavy (non-hydrogen) atoms. The first-order valence-electron chi connectivity index (χ1n) is 9.85. The van der Waals surface area contributed by atoms with E-state index in [0.717, 1.165) is 24.1 Å². The fourth-order valence-electron chi connectivity index (χ4n) is 2.92. The standard InChI is InChI=1S/C23H31ClN2O4.ClH/c1-23(2,3)26-22(27)15-30-19-9-7-18(24)13-17(19)14-25-11-10-16-6-8-20(28-4)21(12-16)29-5;/h6-9,12-13,25H,10-11,14-15H2,1-5H3,(H,26,27);1H. The number of hydrogen-bond acceptors (Lipinski definition) is 5. The lowest BCUT2D eigenvalue weighted by molar-refractivity contribution is -0.124. The first-order valence-corrected chi connectivity index (χ1v) is 10.2. The van der Waals surface area contributed by atoms with Gasteiger partial charge in [-0.2, -0.15) is 0 Å². The Morgan fingerprint density at radius 3 is 2.32 bits per heavy atom. The molecule has 172 valence electrons. The minimum atomic E-state index is -0.297. The summed E-state index contributed by atoms with van der Waals surface area (Å²) in [5.74, 6) is 1.91. The zero-order valence-corrected chi connectivity index (χ0v) is 20.3. The summed E-state index contributed by atoms with van der Waals surface area (Å²) < 4.78 is 16.3. The number of rotatable bonds is 10. The van der Waals surface area contributed by atoms with Crippen molar-refractivity contribution in [2.45, 2.75) is 39.3 Å². The molecule has 0 radical (unpaired) electrons. The van der Waals surface area contributed by atoms with Crippen molar-refractivity contribution in [3.8, 4) is 17.2 Å². The zero-order chi connectivity index (χ0) is 22.1. The second kappa shape index (κ2) is 12.6. The number of methoxy groups -OCH3 is 2. The summed E-state index contributed by atoms with van der Waals surface area (Å²) >= 11 is 6.15. The molecule has 2 N–H and O–H groups in total. The monoisotopic (exact) mass is 470 g/mol. The van der Waals surface area contributed by atoms with Gasteiger partial charge in [0.25, 0.3) is 5.91 Å². The SMILES string of the molecule is COc1ccc(CCNCc2cc(Cl)ccc2OCC(=O)NC(C)(C)C)cc1OC.Cl. The fourth-order valence-corrected chi connectivity index (χ4v) is 3.11. The van der Waals surface area contributed by atoms with Crippen LogP contribution in [0.3, 0.4) is 0 Å². The van der Waals surface area contributed by atoms with E-state index < -0.39 is 0 Å². The van der Waals surface area contributed by atoms with Gasteiger partial charge in [-0.05, 0) is 69.6 Å². The summed E-state index contributed by atoms with van der Waals surface area (Å²) in [6.45, 7) is 7.08. The van der Waals surface area contributed by atoms with Gasteiger partial charge in [0.2, 0.25) is 0 Å². The average Bonchev–Trinajstić information content (AvgIpc) is 2.69. The number of ether oxygens (including phenoxy) is 3. The smallest absolute Gasteiger partial charge is 0.258 e. The molecule has 2 aromatic carbocycles. The van der Waals surface area contributed by atoms with Gasteiger partial charge < -0.3 is 24.8 Å². The van der Waals surface area contributed by atoms with Crippen molar-refractivity contribution in [3.05, 3.63) is 52.5 Å². The Kier molecular flexibility index (Phi) is 11.0. The van der Waals surface area contributed by atoms with Crippen molar-refractivity contribution >= 4 is 29.9 Å². The summed E-state index contributed by atoms with van der Waals surface area (Å²) in [6.07, 6.45) is 0.825. The molecule has 6 nitrogen and oxygen atoms in total.